The summed E-state index contributed by atoms with van der Waals surface area (Å²) in [5.41, 5.74) is 8.10. The van der Waals surface area contributed by atoms with E-state index >= 15 is 0 Å². The molecule has 1 heterocycles. The first kappa shape index (κ1) is 11.2. The molecule has 1 aromatic heterocycles. The summed E-state index contributed by atoms with van der Waals surface area (Å²) in [5, 5.41) is 12.3. The summed E-state index contributed by atoms with van der Waals surface area (Å²) in [7, 11) is 0. The molecular formula is C12H13N3O2. The first-order chi connectivity index (χ1) is 8.02. The number of aromatic nitrogens is 1. The molecule has 88 valence electrons. The Morgan fingerprint density at radius 3 is 2.71 bits per heavy atom. The lowest BCUT2D eigenvalue weighted by atomic mass is 10.1. The van der Waals surface area contributed by atoms with Crippen LogP contribution < -0.4 is 11.3 Å². The second kappa shape index (κ2) is 3.93. The molecule has 5 nitrogen and oxygen atoms in total. The molecule has 0 bridgehead atoms. The average molecular weight is 231 g/mol. The van der Waals surface area contributed by atoms with Crippen LogP contribution in [-0.2, 0) is 0 Å². The number of pyridine rings is 1. The number of rotatable bonds is 1. The molecule has 5 heteroatoms. The van der Waals surface area contributed by atoms with Gasteiger partial charge in [-0.3, -0.25) is 4.79 Å². The molecule has 1 aromatic carbocycles. The van der Waals surface area contributed by atoms with Crippen LogP contribution in [0, 0.1) is 13.8 Å². The fraction of sp³-hybridized carbons (Fsp3) is 0.167. The van der Waals surface area contributed by atoms with E-state index in [4.69, 9.17) is 10.9 Å². The van der Waals surface area contributed by atoms with E-state index in [2.05, 4.69) is 10.1 Å². The zero-order valence-electron chi connectivity index (χ0n) is 9.61. The van der Waals surface area contributed by atoms with Crippen molar-refractivity contribution in [3.8, 4) is 0 Å². The number of fused-ring (bicyclic) bond motifs is 1. The van der Waals surface area contributed by atoms with Gasteiger partial charge in [0.2, 0.25) is 0 Å². The third-order valence-electron chi connectivity index (χ3n) is 2.68. The van der Waals surface area contributed by atoms with Crippen molar-refractivity contribution in [1.29, 1.82) is 0 Å². The van der Waals surface area contributed by atoms with E-state index in [0.29, 0.717) is 0 Å². The Morgan fingerprint density at radius 1 is 1.35 bits per heavy atom. The Kier molecular flexibility index (Phi) is 2.59. The molecule has 2 aromatic rings. The number of H-pyrrole nitrogens is 1. The third-order valence-corrected chi connectivity index (χ3v) is 2.68. The van der Waals surface area contributed by atoms with E-state index in [1.165, 1.54) is 0 Å². The van der Waals surface area contributed by atoms with Crippen LogP contribution in [0.25, 0.3) is 10.9 Å². The number of nitrogens with two attached hydrogens (primary N) is 1. The second-order valence-corrected chi connectivity index (χ2v) is 4.04. The molecule has 0 saturated carbocycles. The van der Waals surface area contributed by atoms with Gasteiger partial charge in [0.1, 0.15) is 0 Å². The molecule has 0 aliphatic carbocycles. The summed E-state index contributed by atoms with van der Waals surface area (Å²) in [6, 6.07) is 5.55. The molecule has 0 radical (unpaired) electrons. The van der Waals surface area contributed by atoms with Crippen molar-refractivity contribution in [2.75, 3.05) is 0 Å². The maximum absolute atomic E-state index is 11.7. The number of aromatic amines is 1. The predicted molar refractivity (Wildman–Crippen MR) is 66.6 cm³/mol. The van der Waals surface area contributed by atoms with Gasteiger partial charge in [-0.2, -0.15) is 0 Å². The highest BCUT2D eigenvalue weighted by molar-refractivity contribution is 5.99. The fourth-order valence-corrected chi connectivity index (χ4v) is 1.93. The number of benzene rings is 1. The quantitative estimate of drug-likeness (QED) is 0.298. The third kappa shape index (κ3) is 1.87. The van der Waals surface area contributed by atoms with E-state index in [9.17, 15) is 4.79 Å². The van der Waals surface area contributed by atoms with Gasteiger partial charge in [-0.05, 0) is 36.9 Å². The van der Waals surface area contributed by atoms with Crippen molar-refractivity contribution in [1.82, 2.24) is 4.98 Å². The lowest BCUT2D eigenvalue weighted by Gasteiger charge is -2.06. The first-order valence-corrected chi connectivity index (χ1v) is 5.15. The number of nitrogens with one attached hydrogen (secondary N) is 1. The van der Waals surface area contributed by atoms with E-state index in [-0.39, 0.29) is 17.0 Å². The van der Waals surface area contributed by atoms with Crippen LogP contribution in [0.4, 0.5) is 0 Å². The molecule has 0 aliphatic heterocycles. The molecule has 0 amide bonds. The minimum Gasteiger partial charge on any atom is -0.409 e. The highest BCUT2D eigenvalue weighted by atomic mass is 16.4. The zero-order valence-corrected chi connectivity index (χ0v) is 9.61. The number of hydrogen-bond donors (Lipinski definition) is 3. The molecule has 17 heavy (non-hydrogen) atoms. The Balaban J connectivity index is 2.85. The van der Waals surface area contributed by atoms with Crippen LogP contribution in [-0.4, -0.2) is 16.0 Å². The van der Waals surface area contributed by atoms with Crippen LogP contribution in [0.2, 0.25) is 0 Å². The highest BCUT2D eigenvalue weighted by Crippen LogP contribution is 2.17. The lowest BCUT2D eigenvalue weighted by Crippen LogP contribution is -2.24. The predicted octanol–water partition coefficient (Wildman–Crippen LogP) is 1.24. The van der Waals surface area contributed by atoms with Crippen LogP contribution in [0.3, 0.4) is 0 Å². The molecule has 4 N–H and O–H groups in total. The molecule has 0 atom stereocenters. The van der Waals surface area contributed by atoms with Crippen molar-refractivity contribution in [2.24, 2.45) is 10.9 Å². The van der Waals surface area contributed by atoms with Gasteiger partial charge in [0.15, 0.2) is 5.84 Å². The van der Waals surface area contributed by atoms with Crippen LogP contribution in [0.1, 0.15) is 16.7 Å². The average Bonchev–Trinajstić information content (AvgIpc) is 2.28. The van der Waals surface area contributed by atoms with Crippen molar-refractivity contribution in [3.63, 3.8) is 0 Å². The summed E-state index contributed by atoms with van der Waals surface area (Å²) in [6.45, 7) is 3.90. The summed E-state index contributed by atoms with van der Waals surface area (Å²) in [4.78, 5) is 14.5. The Hall–Kier alpha value is -2.30. The maximum Gasteiger partial charge on any atom is 0.259 e. The van der Waals surface area contributed by atoms with Crippen LogP contribution in [0.5, 0.6) is 0 Å². The molecule has 0 spiro atoms. The molecular weight excluding hydrogens is 218 g/mol. The van der Waals surface area contributed by atoms with E-state index in [1.54, 1.807) is 6.07 Å². The largest absolute Gasteiger partial charge is 0.409 e. The smallest absolute Gasteiger partial charge is 0.259 e. The topological polar surface area (TPSA) is 91.5 Å². The normalized spacial score (nSPS) is 12.0. The van der Waals surface area contributed by atoms with Gasteiger partial charge in [-0.15, -0.1) is 0 Å². The van der Waals surface area contributed by atoms with E-state index in [1.807, 2.05) is 26.0 Å². The zero-order chi connectivity index (χ0) is 12.6. The molecule has 2 rings (SSSR count). The van der Waals surface area contributed by atoms with Crippen molar-refractivity contribution < 1.29 is 5.21 Å². The molecule has 0 fully saturated rings. The molecule has 0 unspecified atom stereocenters. The van der Waals surface area contributed by atoms with Gasteiger partial charge in [0.25, 0.3) is 5.56 Å². The van der Waals surface area contributed by atoms with E-state index in [0.717, 1.165) is 22.0 Å². The number of nitrogens with zero attached hydrogens (tertiary/aromatic N) is 1. The summed E-state index contributed by atoms with van der Waals surface area (Å²) < 4.78 is 0. The SMILES string of the molecule is Cc1cc(C)c2[nH]c(=O)c(/C(N)=N\O)cc2c1. The second-order valence-electron chi connectivity index (χ2n) is 4.04. The monoisotopic (exact) mass is 231 g/mol. The van der Waals surface area contributed by atoms with Gasteiger partial charge >= 0.3 is 0 Å². The van der Waals surface area contributed by atoms with Gasteiger partial charge in [-0.1, -0.05) is 16.8 Å². The Labute approximate surface area is 97.6 Å². The van der Waals surface area contributed by atoms with Gasteiger partial charge in [0.05, 0.1) is 11.1 Å². The van der Waals surface area contributed by atoms with Crippen molar-refractivity contribution in [2.45, 2.75) is 13.8 Å². The van der Waals surface area contributed by atoms with Crippen LogP contribution in [0.15, 0.2) is 28.1 Å². The van der Waals surface area contributed by atoms with Crippen LogP contribution >= 0.6 is 0 Å². The minimum absolute atomic E-state index is 0.171. The lowest BCUT2D eigenvalue weighted by molar-refractivity contribution is 0.318. The molecule has 0 saturated heterocycles. The minimum atomic E-state index is -0.361. The Bertz CT molecular complexity index is 671. The van der Waals surface area contributed by atoms with Gasteiger partial charge in [-0.25, -0.2) is 0 Å². The highest BCUT2D eigenvalue weighted by Gasteiger charge is 2.08. The number of aryl methyl sites for hydroxylation is 2. The maximum atomic E-state index is 11.7. The van der Waals surface area contributed by atoms with Gasteiger partial charge in [0, 0.05) is 0 Å². The summed E-state index contributed by atoms with van der Waals surface area (Å²) >= 11 is 0. The Morgan fingerprint density at radius 2 is 2.06 bits per heavy atom. The number of oxime groups is 1. The van der Waals surface area contributed by atoms with Crippen molar-refractivity contribution in [3.05, 3.63) is 45.2 Å². The fourth-order valence-electron chi connectivity index (χ4n) is 1.93. The number of hydrogen-bond acceptors (Lipinski definition) is 3. The summed E-state index contributed by atoms with van der Waals surface area (Å²) in [5.74, 6) is -0.188. The molecule has 0 aliphatic rings. The summed E-state index contributed by atoms with van der Waals surface area (Å²) in [6.07, 6.45) is 0. The van der Waals surface area contributed by atoms with Gasteiger partial charge < -0.3 is 15.9 Å². The van der Waals surface area contributed by atoms with Crippen molar-refractivity contribution >= 4 is 16.7 Å². The number of amidine groups is 1. The first-order valence-electron chi connectivity index (χ1n) is 5.15. The van der Waals surface area contributed by atoms with E-state index < -0.39 is 0 Å². The standard InChI is InChI=1S/C12H13N3O2/c1-6-3-7(2)10-8(4-6)5-9(11(13)15-17)12(16)14-10/h3-5,17H,1-2H3,(H2,13,15)(H,14,16).